The molecule has 0 fully saturated rings. The maximum Gasteiger partial charge on any atom is 0.387 e. The number of alkyl halides is 2. The van der Waals surface area contributed by atoms with Crippen LogP contribution in [-0.2, 0) is 22.2 Å². The molecule has 0 aromatic heterocycles. The Kier molecular flexibility index (Phi) is 6.18. The van der Waals surface area contributed by atoms with Crippen molar-refractivity contribution < 1.29 is 31.1 Å². The van der Waals surface area contributed by atoms with Crippen molar-refractivity contribution in [2.75, 3.05) is 0 Å². The van der Waals surface area contributed by atoms with Crippen molar-refractivity contribution in [3.8, 4) is 22.6 Å². The molecule has 0 aliphatic carbocycles. The van der Waals surface area contributed by atoms with Gasteiger partial charge in [-0.05, 0) is 65.1 Å². The highest BCUT2D eigenvalue weighted by molar-refractivity contribution is 7.88. The molecule has 0 bridgehead atoms. The molecule has 1 atom stereocenters. The number of nitrogens with two attached hydrogens (primary N) is 1. The molecule has 1 heterocycles. The van der Waals surface area contributed by atoms with Gasteiger partial charge in [0.05, 0.1) is 11.3 Å². The number of fused-ring (bicyclic) bond motifs is 3. The van der Waals surface area contributed by atoms with E-state index in [4.69, 9.17) is 14.6 Å². The van der Waals surface area contributed by atoms with E-state index >= 15 is 0 Å². The summed E-state index contributed by atoms with van der Waals surface area (Å²) in [4.78, 5) is 0. The van der Waals surface area contributed by atoms with Gasteiger partial charge in [-0.25, -0.2) is 17.9 Å². The lowest BCUT2D eigenvalue weighted by molar-refractivity contribution is -0.0496. The Labute approximate surface area is 189 Å². The molecule has 3 aromatic carbocycles. The Bertz CT molecular complexity index is 1330. The molecule has 4 rings (SSSR count). The molecule has 172 valence electrons. The predicted molar refractivity (Wildman–Crippen MR) is 118 cm³/mol. The van der Waals surface area contributed by atoms with Gasteiger partial charge in [-0.3, -0.25) is 0 Å². The molecular weight excluding hydrogens is 455 g/mol. The van der Waals surface area contributed by atoms with Crippen LogP contribution in [0.2, 0.25) is 0 Å². The van der Waals surface area contributed by atoms with E-state index in [1.165, 1.54) is 30.3 Å². The van der Waals surface area contributed by atoms with E-state index < -0.39 is 34.3 Å². The molecule has 5 nitrogen and oxygen atoms in total. The highest BCUT2D eigenvalue weighted by Gasteiger charge is 2.32. The number of primary sulfonamides is 1. The van der Waals surface area contributed by atoms with Gasteiger partial charge in [0.25, 0.3) is 0 Å². The van der Waals surface area contributed by atoms with Crippen molar-refractivity contribution in [3.63, 3.8) is 0 Å². The molecule has 3 aromatic rings. The van der Waals surface area contributed by atoms with Crippen LogP contribution < -0.4 is 14.6 Å². The van der Waals surface area contributed by atoms with Crippen molar-refractivity contribution in [3.05, 3.63) is 95.3 Å². The number of sulfonamides is 1. The van der Waals surface area contributed by atoms with E-state index in [-0.39, 0.29) is 11.5 Å². The van der Waals surface area contributed by atoms with Crippen molar-refractivity contribution in [2.24, 2.45) is 5.14 Å². The van der Waals surface area contributed by atoms with E-state index in [0.29, 0.717) is 39.8 Å². The Morgan fingerprint density at radius 1 is 1.12 bits per heavy atom. The van der Waals surface area contributed by atoms with Gasteiger partial charge in [-0.2, -0.15) is 8.78 Å². The molecule has 9 heteroatoms. The minimum Gasteiger partial charge on any atom is -0.480 e. The zero-order chi connectivity index (χ0) is 23.8. The summed E-state index contributed by atoms with van der Waals surface area (Å²) in [5.41, 5.74) is 2.78. The fourth-order valence-corrected chi connectivity index (χ4v) is 4.72. The number of ether oxygens (including phenoxy) is 2. The zero-order valence-electron chi connectivity index (χ0n) is 17.3. The predicted octanol–water partition coefficient (Wildman–Crippen LogP) is 5.09. The second-order valence-electron chi connectivity index (χ2n) is 7.57. The summed E-state index contributed by atoms with van der Waals surface area (Å²) in [6, 6.07) is 13.6. The lowest BCUT2D eigenvalue weighted by Gasteiger charge is -2.31. The SMILES string of the molecule is C=CCc1cc2c(cc1CS(N)(=O)=O)C(c1cccc(F)c1)Oc1cccc(OC(F)F)c1-2. The summed E-state index contributed by atoms with van der Waals surface area (Å²) in [6.45, 7) is 0.648. The molecule has 1 aliphatic heterocycles. The number of hydrogen-bond acceptors (Lipinski definition) is 4. The van der Waals surface area contributed by atoms with Crippen LogP contribution in [0.15, 0.2) is 67.3 Å². The van der Waals surface area contributed by atoms with E-state index in [0.717, 1.165) is 0 Å². The van der Waals surface area contributed by atoms with Gasteiger partial charge in [0.1, 0.15) is 23.4 Å². The van der Waals surface area contributed by atoms with E-state index in [2.05, 4.69) is 6.58 Å². The lowest BCUT2D eigenvalue weighted by Crippen LogP contribution is -2.20. The van der Waals surface area contributed by atoms with Crippen molar-refractivity contribution in [1.82, 2.24) is 0 Å². The maximum atomic E-state index is 14.0. The molecule has 2 N–H and O–H groups in total. The van der Waals surface area contributed by atoms with Gasteiger partial charge in [0.2, 0.25) is 10.0 Å². The van der Waals surface area contributed by atoms with Gasteiger partial charge in [0.15, 0.2) is 0 Å². The molecule has 0 saturated heterocycles. The van der Waals surface area contributed by atoms with Crippen LogP contribution in [0.1, 0.15) is 28.4 Å². The first-order valence-electron chi connectivity index (χ1n) is 9.93. The Morgan fingerprint density at radius 3 is 2.55 bits per heavy atom. The Balaban J connectivity index is 2.00. The molecule has 0 saturated carbocycles. The number of halogens is 3. The summed E-state index contributed by atoms with van der Waals surface area (Å²) >= 11 is 0. The fourth-order valence-electron chi connectivity index (χ4n) is 4.02. The molecule has 0 spiro atoms. The molecule has 0 amide bonds. The minimum absolute atomic E-state index is 0.0924. The lowest BCUT2D eigenvalue weighted by atomic mass is 9.85. The fraction of sp³-hybridized carbons (Fsp3) is 0.167. The zero-order valence-corrected chi connectivity index (χ0v) is 18.1. The van der Waals surface area contributed by atoms with E-state index in [1.807, 2.05) is 0 Å². The summed E-state index contributed by atoms with van der Waals surface area (Å²) in [5.74, 6) is -0.739. The molecule has 1 aliphatic rings. The summed E-state index contributed by atoms with van der Waals surface area (Å²) < 4.78 is 74.8. The van der Waals surface area contributed by atoms with Gasteiger partial charge in [-0.1, -0.05) is 24.3 Å². The largest absolute Gasteiger partial charge is 0.480 e. The Hall–Kier alpha value is -3.30. The van der Waals surface area contributed by atoms with E-state index in [9.17, 15) is 21.6 Å². The second kappa shape index (κ2) is 8.92. The van der Waals surface area contributed by atoms with Crippen LogP contribution in [0.3, 0.4) is 0 Å². The number of rotatable bonds is 7. The third-order valence-corrected chi connectivity index (χ3v) is 5.96. The maximum absolute atomic E-state index is 14.0. The van der Waals surface area contributed by atoms with Gasteiger partial charge in [0, 0.05) is 5.56 Å². The number of benzene rings is 3. The average Bonchev–Trinajstić information content (AvgIpc) is 2.72. The molecule has 1 unspecified atom stereocenters. The van der Waals surface area contributed by atoms with Crippen LogP contribution in [0.4, 0.5) is 13.2 Å². The molecular formula is C24H20F3NO4S. The van der Waals surface area contributed by atoms with Gasteiger partial charge >= 0.3 is 6.61 Å². The minimum atomic E-state index is -3.88. The molecule has 0 radical (unpaired) electrons. The average molecular weight is 475 g/mol. The first kappa shape index (κ1) is 22.9. The second-order valence-corrected chi connectivity index (χ2v) is 9.18. The van der Waals surface area contributed by atoms with Gasteiger partial charge < -0.3 is 9.47 Å². The van der Waals surface area contributed by atoms with E-state index in [1.54, 1.807) is 30.3 Å². The van der Waals surface area contributed by atoms with Crippen LogP contribution in [0.5, 0.6) is 11.5 Å². The summed E-state index contributed by atoms with van der Waals surface area (Å²) in [7, 11) is -3.88. The summed E-state index contributed by atoms with van der Waals surface area (Å²) in [5, 5.41) is 5.29. The van der Waals surface area contributed by atoms with Crippen molar-refractivity contribution in [2.45, 2.75) is 24.9 Å². The molecule has 33 heavy (non-hydrogen) atoms. The smallest absolute Gasteiger partial charge is 0.387 e. The van der Waals surface area contributed by atoms with Crippen LogP contribution in [0.25, 0.3) is 11.1 Å². The summed E-state index contributed by atoms with van der Waals surface area (Å²) in [6.07, 6.45) is 1.10. The van der Waals surface area contributed by atoms with Crippen molar-refractivity contribution in [1.29, 1.82) is 0 Å². The standard InChI is InChI=1S/C24H20F3NO4S/c1-2-5-14-11-18-19(12-16(14)13-33(28,29)30)23(15-6-3-7-17(25)10-15)31-20-8-4-9-21(22(18)20)32-24(26)27/h2-4,6-12,23-24H,1,5,13H2,(H2,28,29,30). The topological polar surface area (TPSA) is 78.6 Å². The number of hydrogen-bond donors (Lipinski definition) is 1. The third-order valence-electron chi connectivity index (χ3n) is 5.24. The highest BCUT2D eigenvalue weighted by atomic mass is 32.2. The normalized spacial score (nSPS) is 14.9. The monoisotopic (exact) mass is 475 g/mol. The van der Waals surface area contributed by atoms with Crippen LogP contribution in [-0.4, -0.2) is 15.0 Å². The number of allylic oxidation sites excluding steroid dienone is 1. The first-order valence-corrected chi connectivity index (χ1v) is 11.6. The Morgan fingerprint density at radius 2 is 1.88 bits per heavy atom. The van der Waals surface area contributed by atoms with Crippen molar-refractivity contribution >= 4 is 10.0 Å². The quantitative estimate of drug-likeness (QED) is 0.483. The van der Waals surface area contributed by atoms with Crippen LogP contribution in [0, 0.1) is 5.82 Å². The van der Waals surface area contributed by atoms with Gasteiger partial charge in [-0.15, -0.1) is 6.58 Å². The highest BCUT2D eigenvalue weighted by Crippen LogP contribution is 2.50. The van der Waals surface area contributed by atoms with Crippen LogP contribution >= 0.6 is 0 Å². The first-order chi connectivity index (χ1) is 15.7. The third kappa shape index (κ3) is 4.89.